The molecule has 0 N–H and O–H groups in total. The molecule has 0 aliphatic carbocycles. The third-order valence-corrected chi connectivity index (χ3v) is 5.87. The van der Waals surface area contributed by atoms with Gasteiger partial charge in [-0.3, -0.25) is 9.36 Å². The van der Waals surface area contributed by atoms with Crippen LogP contribution < -0.4 is 5.56 Å². The van der Waals surface area contributed by atoms with Crippen molar-refractivity contribution in [2.75, 3.05) is 5.75 Å². The van der Waals surface area contributed by atoms with E-state index in [1.807, 2.05) is 6.92 Å². The number of aryl methyl sites for hydroxylation is 1. The van der Waals surface area contributed by atoms with Crippen molar-refractivity contribution in [3.63, 3.8) is 0 Å². The molecule has 0 unspecified atom stereocenters. The van der Waals surface area contributed by atoms with Gasteiger partial charge in [0.15, 0.2) is 5.16 Å². The number of thioether (sulfide) groups is 2. The Morgan fingerprint density at radius 2 is 2.00 bits per heavy atom. The summed E-state index contributed by atoms with van der Waals surface area (Å²) in [7, 11) is 0. The summed E-state index contributed by atoms with van der Waals surface area (Å²) in [6.07, 6.45) is -3.54. The van der Waals surface area contributed by atoms with Crippen LogP contribution in [0.1, 0.15) is 23.7 Å². The highest BCUT2D eigenvalue weighted by Gasteiger charge is 2.30. The Hall–Kier alpha value is -1.41. The second-order valence-corrected chi connectivity index (χ2v) is 7.35. The molecule has 8 heteroatoms. The first-order valence-corrected chi connectivity index (χ1v) is 9.42. The first kappa shape index (κ1) is 17.4. The lowest BCUT2D eigenvalue weighted by molar-refractivity contribution is -0.137. The summed E-state index contributed by atoms with van der Waals surface area (Å²) in [6, 6.07) is 5.09. The van der Waals surface area contributed by atoms with Gasteiger partial charge in [0.05, 0.1) is 16.2 Å². The Kier molecular flexibility index (Phi) is 4.96. The molecule has 0 atom stereocenters. The molecular formula is C16H15F3N2OS2. The fourth-order valence-electron chi connectivity index (χ4n) is 2.45. The fourth-order valence-corrected chi connectivity index (χ4v) is 4.53. The average molecular weight is 372 g/mol. The van der Waals surface area contributed by atoms with Gasteiger partial charge in [0.1, 0.15) is 0 Å². The predicted octanol–water partition coefficient (Wildman–Crippen LogP) is 4.22. The van der Waals surface area contributed by atoms with Crippen LogP contribution in [0.4, 0.5) is 13.2 Å². The molecule has 0 saturated carbocycles. The van der Waals surface area contributed by atoms with Crippen LogP contribution >= 0.6 is 23.5 Å². The van der Waals surface area contributed by atoms with Crippen molar-refractivity contribution in [1.29, 1.82) is 0 Å². The van der Waals surface area contributed by atoms with E-state index >= 15 is 0 Å². The van der Waals surface area contributed by atoms with Gasteiger partial charge in [0, 0.05) is 24.5 Å². The van der Waals surface area contributed by atoms with Gasteiger partial charge in [-0.1, -0.05) is 23.9 Å². The third-order valence-electron chi connectivity index (χ3n) is 3.71. The maximum atomic E-state index is 12.6. The third kappa shape index (κ3) is 3.49. The fraction of sp³-hybridized carbons (Fsp3) is 0.375. The topological polar surface area (TPSA) is 34.9 Å². The number of hydrogen-bond donors (Lipinski definition) is 0. The van der Waals surface area contributed by atoms with Crippen LogP contribution in [-0.4, -0.2) is 15.3 Å². The number of rotatable bonds is 4. The Bertz CT molecular complexity index is 801. The van der Waals surface area contributed by atoms with Crippen LogP contribution in [0.15, 0.2) is 39.1 Å². The lowest BCUT2D eigenvalue weighted by Gasteiger charge is -2.12. The van der Waals surface area contributed by atoms with Crippen molar-refractivity contribution in [1.82, 2.24) is 9.55 Å². The molecule has 128 valence electrons. The zero-order valence-corrected chi connectivity index (χ0v) is 14.5. The largest absolute Gasteiger partial charge is 0.416 e. The van der Waals surface area contributed by atoms with Crippen LogP contribution in [-0.2, 0) is 24.9 Å². The summed E-state index contributed by atoms with van der Waals surface area (Å²) < 4.78 is 39.4. The molecule has 1 aliphatic heterocycles. The molecule has 3 rings (SSSR count). The van der Waals surface area contributed by atoms with Gasteiger partial charge in [-0.15, -0.1) is 11.8 Å². The number of halogens is 3. The van der Waals surface area contributed by atoms with Crippen molar-refractivity contribution < 1.29 is 13.2 Å². The van der Waals surface area contributed by atoms with Crippen LogP contribution in [0.3, 0.4) is 0 Å². The molecule has 0 spiro atoms. The molecule has 2 aromatic rings. The molecule has 1 aliphatic rings. The Balaban J connectivity index is 1.80. The predicted molar refractivity (Wildman–Crippen MR) is 89.6 cm³/mol. The van der Waals surface area contributed by atoms with Crippen LogP contribution in [0, 0.1) is 0 Å². The van der Waals surface area contributed by atoms with Gasteiger partial charge in [0.25, 0.3) is 5.56 Å². The molecule has 0 radical (unpaired) electrons. The molecule has 1 aromatic carbocycles. The summed E-state index contributed by atoms with van der Waals surface area (Å²) in [6.45, 7) is 2.41. The minimum atomic E-state index is -4.33. The van der Waals surface area contributed by atoms with Gasteiger partial charge in [0.2, 0.25) is 0 Å². The maximum absolute atomic E-state index is 12.6. The minimum absolute atomic E-state index is 0.0140. The van der Waals surface area contributed by atoms with Crippen LogP contribution in [0.25, 0.3) is 0 Å². The van der Waals surface area contributed by atoms with Crippen molar-refractivity contribution >= 4 is 23.5 Å². The van der Waals surface area contributed by atoms with E-state index in [1.54, 1.807) is 4.57 Å². The van der Waals surface area contributed by atoms with Crippen molar-refractivity contribution in [2.45, 2.75) is 41.9 Å². The number of aromatic nitrogens is 2. The molecule has 1 aromatic heterocycles. The van der Waals surface area contributed by atoms with Crippen LogP contribution in [0.5, 0.6) is 0 Å². The first-order chi connectivity index (χ1) is 11.4. The van der Waals surface area contributed by atoms with E-state index < -0.39 is 11.7 Å². The molecule has 0 saturated heterocycles. The lowest BCUT2D eigenvalue weighted by Crippen LogP contribution is -2.24. The average Bonchev–Trinajstić information content (AvgIpc) is 3.01. The van der Waals surface area contributed by atoms with E-state index in [4.69, 9.17) is 0 Å². The second-order valence-electron chi connectivity index (χ2n) is 5.30. The zero-order valence-electron chi connectivity index (χ0n) is 12.9. The summed E-state index contributed by atoms with van der Waals surface area (Å²) in [4.78, 5) is 17.8. The van der Waals surface area contributed by atoms with E-state index in [1.165, 1.54) is 35.7 Å². The van der Waals surface area contributed by atoms with E-state index in [9.17, 15) is 18.0 Å². The molecular weight excluding hydrogens is 357 g/mol. The monoisotopic (exact) mass is 372 g/mol. The van der Waals surface area contributed by atoms with E-state index in [2.05, 4.69) is 4.98 Å². The number of fused-ring (bicyclic) bond motifs is 1. The number of nitrogens with zero attached hydrogens (tertiary/aromatic N) is 2. The van der Waals surface area contributed by atoms with Crippen LogP contribution in [0.2, 0.25) is 0 Å². The minimum Gasteiger partial charge on any atom is -0.287 e. The number of benzene rings is 1. The molecule has 0 amide bonds. The first-order valence-electron chi connectivity index (χ1n) is 7.45. The van der Waals surface area contributed by atoms with Crippen molar-refractivity contribution in [3.05, 3.63) is 51.4 Å². The van der Waals surface area contributed by atoms with E-state index in [0.717, 1.165) is 40.5 Å². The summed E-state index contributed by atoms with van der Waals surface area (Å²) in [5.74, 6) is 1.34. The molecule has 0 bridgehead atoms. The van der Waals surface area contributed by atoms with Gasteiger partial charge < -0.3 is 0 Å². The SMILES string of the molecule is CCn1c(SCc2ccc(C(F)(F)F)cc2)nc2c(c1=O)SCC2. The lowest BCUT2D eigenvalue weighted by atomic mass is 10.1. The molecule has 24 heavy (non-hydrogen) atoms. The Morgan fingerprint density at radius 3 is 2.62 bits per heavy atom. The number of hydrogen-bond acceptors (Lipinski definition) is 4. The van der Waals surface area contributed by atoms with Crippen molar-refractivity contribution in [3.8, 4) is 0 Å². The van der Waals surface area contributed by atoms with E-state index in [-0.39, 0.29) is 5.56 Å². The molecule has 3 nitrogen and oxygen atoms in total. The quantitative estimate of drug-likeness (QED) is 0.595. The highest BCUT2D eigenvalue weighted by atomic mass is 32.2. The molecule has 2 heterocycles. The summed E-state index contributed by atoms with van der Waals surface area (Å²) >= 11 is 2.92. The summed E-state index contributed by atoms with van der Waals surface area (Å²) in [5, 5.41) is 0.628. The van der Waals surface area contributed by atoms with E-state index in [0.29, 0.717) is 17.5 Å². The highest BCUT2D eigenvalue weighted by Crippen LogP contribution is 2.31. The maximum Gasteiger partial charge on any atom is 0.416 e. The van der Waals surface area contributed by atoms with Gasteiger partial charge in [-0.25, -0.2) is 4.98 Å². The van der Waals surface area contributed by atoms with Gasteiger partial charge in [-0.05, 0) is 24.6 Å². The normalized spacial score (nSPS) is 14.0. The number of alkyl halides is 3. The van der Waals surface area contributed by atoms with Gasteiger partial charge >= 0.3 is 6.18 Å². The van der Waals surface area contributed by atoms with Gasteiger partial charge in [-0.2, -0.15) is 13.2 Å². The van der Waals surface area contributed by atoms with Crippen molar-refractivity contribution in [2.24, 2.45) is 0 Å². The Morgan fingerprint density at radius 1 is 1.29 bits per heavy atom. The second kappa shape index (κ2) is 6.84. The zero-order chi connectivity index (χ0) is 17.3. The standard InChI is InChI=1S/C16H15F3N2OS2/c1-2-21-14(22)13-12(7-8-23-13)20-15(21)24-9-10-3-5-11(6-4-10)16(17,18)19/h3-6H,2,7-9H2,1H3. The molecule has 0 fully saturated rings. The smallest absolute Gasteiger partial charge is 0.287 e. The summed E-state index contributed by atoms with van der Waals surface area (Å²) in [5.41, 5.74) is 0.929. The highest BCUT2D eigenvalue weighted by molar-refractivity contribution is 7.99. The Labute approximate surface area is 145 Å².